The number of rotatable bonds is 2. The maximum Gasteiger partial charge on any atom is 0.138 e. The minimum absolute atomic E-state index is 0.235. The van der Waals surface area contributed by atoms with E-state index in [2.05, 4.69) is 19.9 Å². The van der Waals surface area contributed by atoms with Gasteiger partial charge in [-0.1, -0.05) is 31.9 Å². The Balaban J connectivity index is 2.12. The molecule has 0 N–H and O–H groups in total. The first-order chi connectivity index (χ1) is 8.61. The molecule has 1 aliphatic rings. The first-order valence-corrected chi connectivity index (χ1v) is 6.86. The van der Waals surface area contributed by atoms with Crippen molar-refractivity contribution in [3.05, 3.63) is 28.8 Å². The number of ether oxygens (including phenoxy) is 1. The Morgan fingerprint density at radius 2 is 2.11 bits per heavy atom. The van der Waals surface area contributed by atoms with E-state index in [4.69, 9.17) is 21.6 Å². The van der Waals surface area contributed by atoms with Gasteiger partial charge < -0.3 is 4.74 Å². The van der Waals surface area contributed by atoms with E-state index in [9.17, 15) is 0 Å². The molecule has 1 aromatic rings. The Morgan fingerprint density at radius 3 is 2.78 bits per heavy atom. The van der Waals surface area contributed by atoms with Crippen molar-refractivity contribution in [2.24, 2.45) is 11.8 Å². The molecule has 0 amide bonds. The number of nitrogens with zero attached hydrogens (tertiary/aromatic N) is 1. The Bertz CT molecular complexity index is 466. The highest BCUT2D eigenvalue weighted by Gasteiger charge is 2.28. The number of hydrogen-bond donors (Lipinski definition) is 0. The monoisotopic (exact) mass is 263 g/mol. The molecule has 0 spiro atoms. The molecule has 96 valence electrons. The maximum absolute atomic E-state index is 8.80. The Morgan fingerprint density at radius 1 is 1.33 bits per heavy atom. The van der Waals surface area contributed by atoms with Gasteiger partial charge in [0.05, 0.1) is 16.7 Å². The van der Waals surface area contributed by atoms with Crippen molar-refractivity contribution in [1.82, 2.24) is 0 Å². The summed E-state index contributed by atoms with van der Waals surface area (Å²) in [5.41, 5.74) is 0.567. The highest BCUT2D eigenvalue weighted by Crippen LogP contribution is 2.34. The molecule has 18 heavy (non-hydrogen) atoms. The number of hydrogen-bond acceptors (Lipinski definition) is 2. The second-order valence-corrected chi connectivity index (χ2v) is 5.59. The molecule has 1 saturated carbocycles. The van der Waals surface area contributed by atoms with Gasteiger partial charge in [-0.3, -0.25) is 0 Å². The lowest BCUT2D eigenvalue weighted by molar-refractivity contribution is 0.0693. The van der Waals surface area contributed by atoms with Crippen molar-refractivity contribution in [2.45, 2.75) is 39.2 Å². The van der Waals surface area contributed by atoms with E-state index in [1.807, 2.05) is 0 Å². The van der Waals surface area contributed by atoms with Gasteiger partial charge in [-0.2, -0.15) is 5.26 Å². The Labute approximate surface area is 114 Å². The van der Waals surface area contributed by atoms with Crippen LogP contribution >= 0.6 is 11.6 Å². The number of nitriles is 1. The molecular weight excluding hydrogens is 246 g/mol. The van der Waals surface area contributed by atoms with Gasteiger partial charge in [-0.05, 0) is 42.9 Å². The predicted octanol–water partition coefficient (Wildman–Crippen LogP) is 4.42. The third-order valence-corrected chi connectivity index (χ3v) is 4.27. The summed E-state index contributed by atoms with van der Waals surface area (Å²) in [7, 11) is 0. The van der Waals surface area contributed by atoms with Gasteiger partial charge in [0.15, 0.2) is 0 Å². The third-order valence-electron chi connectivity index (χ3n) is 3.97. The fraction of sp³-hybridized carbons (Fsp3) is 0.533. The second-order valence-electron chi connectivity index (χ2n) is 5.18. The molecule has 0 heterocycles. The smallest absolute Gasteiger partial charge is 0.138 e. The van der Waals surface area contributed by atoms with Crippen molar-refractivity contribution in [2.75, 3.05) is 0 Å². The van der Waals surface area contributed by atoms with Crippen LogP contribution in [0.1, 0.15) is 38.7 Å². The summed E-state index contributed by atoms with van der Waals surface area (Å²) in [6.07, 6.45) is 3.81. The van der Waals surface area contributed by atoms with Gasteiger partial charge in [0.2, 0.25) is 0 Å². The highest BCUT2D eigenvalue weighted by molar-refractivity contribution is 6.32. The minimum atomic E-state index is 0.235. The molecule has 2 nitrogen and oxygen atoms in total. The van der Waals surface area contributed by atoms with Crippen LogP contribution in [0.2, 0.25) is 5.02 Å². The topological polar surface area (TPSA) is 33.0 Å². The summed E-state index contributed by atoms with van der Waals surface area (Å²) in [5, 5.41) is 9.33. The summed E-state index contributed by atoms with van der Waals surface area (Å²) in [6.45, 7) is 4.52. The molecular formula is C15H18ClNO. The van der Waals surface area contributed by atoms with Crippen molar-refractivity contribution in [3.8, 4) is 11.8 Å². The summed E-state index contributed by atoms with van der Waals surface area (Å²) >= 11 is 6.14. The van der Waals surface area contributed by atoms with Crippen LogP contribution < -0.4 is 4.74 Å². The summed E-state index contributed by atoms with van der Waals surface area (Å²) in [4.78, 5) is 0. The maximum atomic E-state index is 8.80. The Hall–Kier alpha value is -1.20. The Kier molecular flexibility index (Phi) is 4.14. The average Bonchev–Trinajstić information content (AvgIpc) is 2.37. The second kappa shape index (κ2) is 5.63. The van der Waals surface area contributed by atoms with Gasteiger partial charge in [-0.25, -0.2) is 0 Å². The van der Waals surface area contributed by atoms with Gasteiger partial charge in [-0.15, -0.1) is 0 Å². The first kappa shape index (κ1) is 13.2. The van der Waals surface area contributed by atoms with E-state index in [1.54, 1.807) is 18.2 Å². The van der Waals surface area contributed by atoms with Crippen molar-refractivity contribution in [1.29, 1.82) is 5.26 Å². The lowest BCUT2D eigenvalue weighted by Crippen LogP contribution is -2.33. The van der Waals surface area contributed by atoms with Crippen LogP contribution in [-0.4, -0.2) is 6.10 Å². The molecule has 0 bridgehead atoms. The SMILES string of the molecule is CC1CCCC(Oc2ccc(C#N)cc2Cl)C1C. The molecule has 1 aromatic carbocycles. The fourth-order valence-electron chi connectivity index (χ4n) is 2.53. The van der Waals surface area contributed by atoms with E-state index in [1.165, 1.54) is 12.8 Å². The molecule has 1 fully saturated rings. The van der Waals surface area contributed by atoms with Crippen molar-refractivity contribution in [3.63, 3.8) is 0 Å². The molecule has 0 radical (unpaired) electrons. The minimum Gasteiger partial charge on any atom is -0.489 e. The normalized spacial score (nSPS) is 27.6. The van der Waals surface area contributed by atoms with Crippen LogP contribution in [0.25, 0.3) is 0 Å². The van der Waals surface area contributed by atoms with E-state index in [0.717, 1.165) is 6.42 Å². The third kappa shape index (κ3) is 2.79. The summed E-state index contributed by atoms with van der Waals surface area (Å²) < 4.78 is 6.03. The molecule has 0 aliphatic heterocycles. The van der Waals surface area contributed by atoms with E-state index >= 15 is 0 Å². The molecule has 1 aliphatic carbocycles. The van der Waals surface area contributed by atoms with Gasteiger partial charge in [0, 0.05) is 0 Å². The van der Waals surface area contributed by atoms with Crippen LogP contribution in [0.5, 0.6) is 5.75 Å². The average molecular weight is 264 g/mol. The number of benzene rings is 1. The summed E-state index contributed by atoms with van der Waals surface area (Å²) in [6, 6.07) is 7.28. The zero-order chi connectivity index (χ0) is 13.1. The molecule has 3 atom stereocenters. The first-order valence-electron chi connectivity index (χ1n) is 6.48. The molecule has 3 unspecified atom stereocenters. The van der Waals surface area contributed by atoms with Crippen LogP contribution in [-0.2, 0) is 0 Å². The quantitative estimate of drug-likeness (QED) is 0.792. The molecule has 0 aromatic heterocycles. The van der Waals surface area contributed by atoms with Crippen molar-refractivity contribution < 1.29 is 4.74 Å². The van der Waals surface area contributed by atoms with E-state index in [0.29, 0.717) is 28.2 Å². The zero-order valence-electron chi connectivity index (χ0n) is 10.8. The standard InChI is InChI=1S/C15H18ClNO/c1-10-4-3-5-14(11(10)2)18-15-7-6-12(9-17)8-13(15)16/h6-8,10-11,14H,3-5H2,1-2H3. The summed E-state index contributed by atoms with van der Waals surface area (Å²) in [5.74, 6) is 1.94. The van der Waals surface area contributed by atoms with Crippen LogP contribution in [0.3, 0.4) is 0 Å². The van der Waals surface area contributed by atoms with Crippen LogP contribution in [0, 0.1) is 23.2 Å². The lowest BCUT2D eigenvalue weighted by Gasteiger charge is -2.34. The fourth-order valence-corrected chi connectivity index (χ4v) is 2.75. The zero-order valence-corrected chi connectivity index (χ0v) is 11.6. The van der Waals surface area contributed by atoms with Gasteiger partial charge in [0.1, 0.15) is 11.9 Å². The predicted molar refractivity (Wildman–Crippen MR) is 72.8 cm³/mol. The molecule has 0 saturated heterocycles. The molecule has 2 rings (SSSR count). The van der Waals surface area contributed by atoms with Crippen LogP contribution in [0.4, 0.5) is 0 Å². The van der Waals surface area contributed by atoms with Crippen molar-refractivity contribution >= 4 is 11.6 Å². The van der Waals surface area contributed by atoms with E-state index < -0.39 is 0 Å². The van der Waals surface area contributed by atoms with E-state index in [-0.39, 0.29) is 6.10 Å². The number of halogens is 1. The largest absolute Gasteiger partial charge is 0.489 e. The van der Waals surface area contributed by atoms with Gasteiger partial charge >= 0.3 is 0 Å². The highest BCUT2D eigenvalue weighted by atomic mass is 35.5. The lowest BCUT2D eigenvalue weighted by atomic mass is 9.79. The van der Waals surface area contributed by atoms with Gasteiger partial charge in [0.25, 0.3) is 0 Å². The molecule has 3 heteroatoms. The van der Waals surface area contributed by atoms with Crippen LogP contribution in [0.15, 0.2) is 18.2 Å².